The van der Waals surface area contributed by atoms with Crippen LogP contribution < -0.4 is 14.8 Å². The summed E-state index contributed by atoms with van der Waals surface area (Å²) in [5.74, 6) is 6.52. The average Bonchev–Trinajstić information content (AvgIpc) is 2.97. The Bertz CT molecular complexity index is 1320. The van der Waals surface area contributed by atoms with Gasteiger partial charge in [-0.05, 0) is 66.4 Å². The van der Waals surface area contributed by atoms with Crippen LogP contribution >= 0.6 is 15.9 Å². The quantitative estimate of drug-likeness (QED) is 0.326. The minimum absolute atomic E-state index is 0.0968. The van der Waals surface area contributed by atoms with Gasteiger partial charge in [-0.2, -0.15) is 0 Å². The van der Waals surface area contributed by atoms with E-state index < -0.39 is 11.9 Å². The Kier molecular flexibility index (Phi) is 10.0. The minimum atomic E-state index is -0.873. The van der Waals surface area contributed by atoms with Gasteiger partial charge in [-0.3, -0.25) is 9.59 Å². The predicted octanol–water partition coefficient (Wildman–Crippen LogP) is 6.04. The molecule has 39 heavy (non-hydrogen) atoms. The van der Waals surface area contributed by atoms with E-state index in [1.807, 2.05) is 48.5 Å². The number of benzene rings is 3. The molecule has 0 heterocycles. The molecule has 1 unspecified atom stereocenters. The van der Waals surface area contributed by atoms with Crippen LogP contribution in [0.1, 0.15) is 54.8 Å². The Balaban J connectivity index is 1.72. The van der Waals surface area contributed by atoms with E-state index in [4.69, 9.17) is 9.47 Å². The monoisotopic (exact) mass is 588 g/mol. The van der Waals surface area contributed by atoms with Crippen molar-refractivity contribution in [2.45, 2.75) is 50.7 Å². The van der Waals surface area contributed by atoms with Crippen LogP contribution in [0.25, 0.3) is 0 Å². The normalized spacial score (nSPS) is 13.9. The van der Waals surface area contributed by atoms with Crippen LogP contribution in [0.15, 0.2) is 77.3 Å². The fourth-order valence-electron chi connectivity index (χ4n) is 4.75. The van der Waals surface area contributed by atoms with Crippen LogP contribution in [-0.2, 0) is 16.1 Å². The number of ether oxygens (including phenoxy) is 2. The van der Waals surface area contributed by atoms with Crippen molar-refractivity contribution in [2.24, 2.45) is 0 Å². The molecule has 0 radical (unpaired) electrons. The van der Waals surface area contributed by atoms with E-state index >= 15 is 0 Å². The van der Waals surface area contributed by atoms with Crippen LogP contribution in [0.4, 0.5) is 0 Å². The van der Waals surface area contributed by atoms with Gasteiger partial charge in [0.25, 0.3) is 5.91 Å². The molecule has 6 nitrogen and oxygen atoms in total. The first-order valence-corrected chi connectivity index (χ1v) is 13.9. The van der Waals surface area contributed by atoms with Gasteiger partial charge in [0.15, 0.2) is 0 Å². The summed E-state index contributed by atoms with van der Waals surface area (Å²) >= 11 is 3.62. The maximum absolute atomic E-state index is 13.9. The lowest BCUT2D eigenvalue weighted by Gasteiger charge is -2.33. The number of amides is 2. The summed E-state index contributed by atoms with van der Waals surface area (Å²) < 4.78 is 11.3. The zero-order chi connectivity index (χ0) is 27.6. The molecule has 4 rings (SSSR count). The van der Waals surface area contributed by atoms with Crippen molar-refractivity contribution in [1.29, 1.82) is 0 Å². The number of carbonyl (C=O) groups is 2. The molecule has 1 saturated carbocycles. The highest BCUT2D eigenvalue weighted by Gasteiger charge is 2.33. The van der Waals surface area contributed by atoms with Gasteiger partial charge in [0.1, 0.15) is 17.5 Å². The molecule has 2 amide bonds. The van der Waals surface area contributed by atoms with Crippen molar-refractivity contribution >= 4 is 27.7 Å². The second-order valence-electron chi connectivity index (χ2n) is 9.53. The van der Waals surface area contributed by atoms with Gasteiger partial charge in [-0.1, -0.05) is 71.4 Å². The highest BCUT2D eigenvalue weighted by atomic mass is 79.9. The van der Waals surface area contributed by atoms with Crippen LogP contribution in [0.2, 0.25) is 0 Å². The summed E-state index contributed by atoms with van der Waals surface area (Å²) in [7, 11) is 3.21. The molecule has 3 aromatic carbocycles. The van der Waals surface area contributed by atoms with E-state index in [1.165, 1.54) is 6.42 Å². The average molecular weight is 590 g/mol. The lowest BCUT2D eigenvalue weighted by atomic mass is 9.94. The van der Waals surface area contributed by atoms with E-state index in [0.717, 1.165) is 35.7 Å². The molecule has 0 spiro atoms. The molecule has 0 bridgehead atoms. The topological polar surface area (TPSA) is 67.9 Å². The fraction of sp³-hybridized carbons (Fsp3) is 0.312. The molecule has 0 aromatic heterocycles. The first kappa shape index (κ1) is 28.3. The molecule has 1 aliphatic rings. The Morgan fingerprint density at radius 1 is 0.923 bits per heavy atom. The zero-order valence-corrected chi connectivity index (χ0v) is 23.9. The van der Waals surface area contributed by atoms with Gasteiger partial charge in [-0.15, -0.1) is 0 Å². The smallest absolute Gasteiger partial charge is 0.300 e. The molecule has 7 heteroatoms. The van der Waals surface area contributed by atoms with Crippen LogP contribution in [0, 0.1) is 11.8 Å². The van der Waals surface area contributed by atoms with E-state index in [1.54, 1.807) is 43.4 Å². The van der Waals surface area contributed by atoms with Crippen molar-refractivity contribution in [1.82, 2.24) is 10.2 Å². The van der Waals surface area contributed by atoms with E-state index in [-0.39, 0.29) is 18.5 Å². The lowest BCUT2D eigenvalue weighted by Crippen LogP contribution is -2.46. The van der Waals surface area contributed by atoms with Crippen molar-refractivity contribution in [3.63, 3.8) is 0 Å². The number of rotatable bonds is 8. The largest absolute Gasteiger partial charge is 0.497 e. The first-order valence-electron chi connectivity index (χ1n) is 13.1. The molecule has 0 saturated heterocycles. The van der Waals surface area contributed by atoms with Gasteiger partial charge in [0.05, 0.1) is 14.2 Å². The second kappa shape index (κ2) is 13.9. The van der Waals surface area contributed by atoms with Crippen molar-refractivity contribution in [3.8, 4) is 23.3 Å². The van der Waals surface area contributed by atoms with Crippen molar-refractivity contribution in [2.75, 3.05) is 14.2 Å². The van der Waals surface area contributed by atoms with E-state index in [2.05, 4.69) is 33.1 Å². The van der Waals surface area contributed by atoms with Gasteiger partial charge >= 0.3 is 0 Å². The third-order valence-electron chi connectivity index (χ3n) is 6.89. The summed E-state index contributed by atoms with van der Waals surface area (Å²) in [6, 6.07) is 21.4. The predicted molar refractivity (Wildman–Crippen MR) is 155 cm³/mol. The standard InChI is InChI=1S/C32H33BrN2O4/c1-38-26-17-12-23(13-18-26)16-21-30(36)35(22-24-14-19-27(39-2)20-15-24)31(28-10-6-7-11-29(28)33)32(37)34-25-8-4-3-5-9-25/h6-7,10-15,17-20,25,31H,3-5,8-9,22H2,1-2H3,(H,34,37). The SMILES string of the molecule is COc1ccc(C#CC(=O)N(Cc2ccc(OC)cc2)C(C(=O)NC2CCCCC2)c2ccccc2Br)cc1. The molecule has 1 aliphatic carbocycles. The highest BCUT2D eigenvalue weighted by Crippen LogP contribution is 2.31. The number of methoxy groups -OCH3 is 2. The number of halogens is 1. The number of carbonyl (C=O) groups excluding carboxylic acids is 2. The van der Waals surface area contributed by atoms with Gasteiger partial charge in [-0.25, -0.2) is 0 Å². The minimum Gasteiger partial charge on any atom is -0.497 e. The van der Waals surface area contributed by atoms with Gasteiger partial charge < -0.3 is 19.7 Å². The molecular weight excluding hydrogens is 556 g/mol. The van der Waals surface area contributed by atoms with Crippen molar-refractivity contribution < 1.29 is 19.1 Å². The molecule has 202 valence electrons. The van der Waals surface area contributed by atoms with Gasteiger partial charge in [0, 0.05) is 28.5 Å². The molecule has 1 N–H and O–H groups in total. The molecule has 3 aromatic rings. The third kappa shape index (κ3) is 7.64. The third-order valence-corrected chi connectivity index (χ3v) is 7.61. The summed E-state index contributed by atoms with van der Waals surface area (Å²) in [6.07, 6.45) is 5.25. The molecule has 1 fully saturated rings. The number of nitrogens with one attached hydrogen (secondary N) is 1. The number of hydrogen-bond donors (Lipinski definition) is 1. The summed E-state index contributed by atoms with van der Waals surface area (Å²) in [4.78, 5) is 29.3. The zero-order valence-electron chi connectivity index (χ0n) is 22.3. The lowest BCUT2D eigenvalue weighted by molar-refractivity contribution is -0.138. The van der Waals surface area contributed by atoms with Crippen LogP contribution in [-0.4, -0.2) is 37.0 Å². The first-order chi connectivity index (χ1) is 19.0. The fourth-order valence-corrected chi connectivity index (χ4v) is 5.26. The summed E-state index contributed by atoms with van der Waals surface area (Å²) in [6.45, 7) is 0.199. The van der Waals surface area contributed by atoms with Gasteiger partial charge in [0.2, 0.25) is 5.91 Å². The Hall–Kier alpha value is -3.76. The van der Waals surface area contributed by atoms with Crippen LogP contribution in [0.3, 0.4) is 0 Å². The maximum atomic E-state index is 13.9. The van der Waals surface area contributed by atoms with Crippen molar-refractivity contribution in [3.05, 3.63) is 94.0 Å². The number of hydrogen-bond acceptors (Lipinski definition) is 4. The Morgan fingerprint density at radius 3 is 2.15 bits per heavy atom. The Morgan fingerprint density at radius 2 is 1.54 bits per heavy atom. The van der Waals surface area contributed by atoms with E-state index in [9.17, 15) is 9.59 Å². The van der Waals surface area contributed by atoms with Crippen LogP contribution in [0.5, 0.6) is 11.5 Å². The summed E-state index contributed by atoms with van der Waals surface area (Å²) in [5.41, 5.74) is 2.24. The van der Waals surface area contributed by atoms with E-state index in [0.29, 0.717) is 22.6 Å². The Labute approximate surface area is 238 Å². The molecule has 0 aliphatic heterocycles. The second-order valence-corrected chi connectivity index (χ2v) is 10.4. The highest BCUT2D eigenvalue weighted by molar-refractivity contribution is 9.10. The molecule has 1 atom stereocenters. The maximum Gasteiger partial charge on any atom is 0.300 e. The summed E-state index contributed by atoms with van der Waals surface area (Å²) in [5, 5.41) is 3.23. The number of nitrogens with zero attached hydrogens (tertiary/aromatic N) is 1. The molecular formula is C32H33BrN2O4.